The molecule has 4 nitrogen and oxygen atoms in total. The molecule has 1 saturated heterocycles. The number of alkyl halides is 3. The van der Waals surface area contributed by atoms with Crippen molar-refractivity contribution in [2.24, 2.45) is 0 Å². The van der Waals surface area contributed by atoms with E-state index in [0.29, 0.717) is 37.6 Å². The summed E-state index contributed by atoms with van der Waals surface area (Å²) < 4.78 is 37.7. The second-order valence-corrected chi connectivity index (χ2v) is 5.59. The van der Waals surface area contributed by atoms with Gasteiger partial charge < -0.3 is 10.0 Å². The Morgan fingerprint density at radius 1 is 1.25 bits per heavy atom. The van der Waals surface area contributed by atoms with Crippen molar-refractivity contribution >= 4 is 21.7 Å². The zero-order chi connectivity index (χ0) is 14.8. The fourth-order valence-electron chi connectivity index (χ4n) is 2.25. The predicted octanol–water partition coefficient (Wildman–Crippen LogP) is 2.02. The number of aromatic nitrogens is 1. The number of anilines is 1. The summed E-state index contributed by atoms with van der Waals surface area (Å²) in [6.45, 7) is 0.589. The maximum Gasteiger partial charge on any atom is 0.401 e. The summed E-state index contributed by atoms with van der Waals surface area (Å²) in [6.07, 6.45) is -2.54. The Morgan fingerprint density at radius 3 is 2.45 bits per heavy atom. The van der Waals surface area contributed by atoms with E-state index < -0.39 is 12.7 Å². The van der Waals surface area contributed by atoms with Crippen LogP contribution in [0.2, 0.25) is 0 Å². The number of hydrogen-bond donors (Lipinski definition) is 1. The van der Waals surface area contributed by atoms with E-state index in [1.165, 1.54) is 4.90 Å². The Kier molecular flexibility index (Phi) is 4.87. The first-order chi connectivity index (χ1) is 9.39. The van der Waals surface area contributed by atoms with E-state index in [0.717, 1.165) is 4.47 Å². The predicted molar refractivity (Wildman–Crippen MR) is 72.6 cm³/mol. The molecule has 0 spiro atoms. The van der Waals surface area contributed by atoms with Gasteiger partial charge in [-0.25, -0.2) is 4.98 Å². The molecule has 8 heteroatoms. The van der Waals surface area contributed by atoms with E-state index in [-0.39, 0.29) is 6.61 Å². The standard InChI is InChI=1S/C12H15BrF3N3O/c13-10-5-9(7-20)11(17-6-10)19-3-1-18(2-4-19)8-12(14,15)16/h5-6,20H,1-4,7-8H2. The monoisotopic (exact) mass is 353 g/mol. The van der Waals surface area contributed by atoms with E-state index in [2.05, 4.69) is 20.9 Å². The summed E-state index contributed by atoms with van der Waals surface area (Å²) in [4.78, 5) is 7.54. The fourth-order valence-corrected chi connectivity index (χ4v) is 2.63. The van der Waals surface area contributed by atoms with E-state index in [1.807, 2.05) is 4.90 Å². The largest absolute Gasteiger partial charge is 0.401 e. The van der Waals surface area contributed by atoms with Crippen molar-refractivity contribution in [2.45, 2.75) is 12.8 Å². The van der Waals surface area contributed by atoms with Crippen molar-refractivity contribution in [2.75, 3.05) is 37.6 Å². The molecule has 0 atom stereocenters. The molecule has 0 saturated carbocycles. The van der Waals surface area contributed by atoms with Crippen molar-refractivity contribution in [3.63, 3.8) is 0 Å². The Labute approximate surface area is 123 Å². The molecule has 2 rings (SSSR count). The van der Waals surface area contributed by atoms with Gasteiger partial charge in [0.2, 0.25) is 0 Å². The van der Waals surface area contributed by atoms with Gasteiger partial charge in [-0.3, -0.25) is 4.90 Å². The van der Waals surface area contributed by atoms with Crippen LogP contribution in [0.3, 0.4) is 0 Å². The molecule has 0 aromatic carbocycles. The Balaban J connectivity index is 2.00. The fraction of sp³-hybridized carbons (Fsp3) is 0.583. The second kappa shape index (κ2) is 6.28. The van der Waals surface area contributed by atoms with Gasteiger partial charge in [-0.2, -0.15) is 13.2 Å². The van der Waals surface area contributed by atoms with Crippen LogP contribution < -0.4 is 4.90 Å². The third-order valence-electron chi connectivity index (χ3n) is 3.15. The van der Waals surface area contributed by atoms with Crippen LogP contribution in [-0.4, -0.2) is 53.9 Å². The maximum atomic E-state index is 12.3. The van der Waals surface area contributed by atoms with Crippen LogP contribution in [-0.2, 0) is 6.61 Å². The van der Waals surface area contributed by atoms with Crippen LogP contribution in [0.25, 0.3) is 0 Å². The Hall–Kier alpha value is -0.860. The number of nitrogens with zero attached hydrogens (tertiary/aromatic N) is 3. The zero-order valence-corrected chi connectivity index (χ0v) is 12.3. The Morgan fingerprint density at radius 2 is 1.90 bits per heavy atom. The van der Waals surface area contributed by atoms with Crippen LogP contribution in [0.15, 0.2) is 16.7 Å². The van der Waals surface area contributed by atoms with Crippen LogP contribution >= 0.6 is 15.9 Å². The van der Waals surface area contributed by atoms with Gasteiger partial charge in [0.15, 0.2) is 0 Å². The SMILES string of the molecule is OCc1cc(Br)cnc1N1CCN(CC(F)(F)F)CC1. The summed E-state index contributed by atoms with van der Waals surface area (Å²) in [6, 6.07) is 1.77. The van der Waals surface area contributed by atoms with E-state index >= 15 is 0 Å². The van der Waals surface area contributed by atoms with Crippen LogP contribution in [0, 0.1) is 0 Å². The van der Waals surface area contributed by atoms with Gasteiger partial charge in [-0.05, 0) is 22.0 Å². The summed E-state index contributed by atoms with van der Waals surface area (Å²) in [5.41, 5.74) is 0.670. The third kappa shape index (κ3) is 4.07. The molecule has 112 valence electrons. The Bertz CT molecular complexity index is 462. The summed E-state index contributed by atoms with van der Waals surface area (Å²) in [5.74, 6) is 0.641. The highest BCUT2D eigenvalue weighted by Gasteiger charge is 2.32. The lowest BCUT2D eigenvalue weighted by Crippen LogP contribution is -2.49. The van der Waals surface area contributed by atoms with Crippen molar-refractivity contribution < 1.29 is 18.3 Å². The van der Waals surface area contributed by atoms with Gasteiger partial charge in [-0.1, -0.05) is 0 Å². The van der Waals surface area contributed by atoms with E-state index in [9.17, 15) is 18.3 Å². The minimum atomic E-state index is -4.16. The minimum absolute atomic E-state index is 0.148. The van der Waals surface area contributed by atoms with Gasteiger partial charge in [-0.15, -0.1) is 0 Å². The van der Waals surface area contributed by atoms with Gasteiger partial charge in [0.1, 0.15) is 5.82 Å². The summed E-state index contributed by atoms with van der Waals surface area (Å²) >= 11 is 3.28. The molecule has 20 heavy (non-hydrogen) atoms. The molecule has 1 N–H and O–H groups in total. The summed E-state index contributed by atoms with van der Waals surface area (Å²) in [5, 5.41) is 9.33. The topological polar surface area (TPSA) is 39.6 Å². The lowest BCUT2D eigenvalue weighted by molar-refractivity contribution is -0.146. The molecule has 1 aromatic heterocycles. The number of pyridine rings is 1. The van der Waals surface area contributed by atoms with Gasteiger partial charge in [0, 0.05) is 42.4 Å². The van der Waals surface area contributed by atoms with Crippen LogP contribution in [0.4, 0.5) is 19.0 Å². The lowest BCUT2D eigenvalue weighted by atomic mass is 10.2. The number of hydrogen-bond acceptors (Lipinski definition) is 4. The number of rotatable bonds is 3. The average molecular weight is 354 g/mol. The average Bonchev–Trinajstić information content (AvgIpc) is 2.38. The summed E-state index contributed by atoms with van der Waals surface area (Å²) in [7, 11) is 0. The molecule has 0 bridgehead atoms. The molecule has 0 unspecified atom stereocenters. The molecule has 0 radical (unpaired) electrons. The van der Waals surface area contributed by atoms with E-state index in [4.69, 9.17) is 0 Å². The zero-order valence-electron chi connectivity index (χ0n) is 10.7. The van der Waals surface area contributed by atoms with Gasteiger partial charge >= 0.3 is 6.18 Å². The van der Waals surface area contributed by atoms with Gasteiger partial charge in [0.25, 0.3) is 0 Å². The minimum Gasteiger partial charge on any atom is -0.392 e. The highest BCUT2D eigenvalue weighted by molar-refractivity contribution is 9.10. The van der Waals surface area contributed by atoms with Gasteiger partial charge in [0.05, 0.1) is 13.2 Å². The highest BCUT2D eigenvalue weighted by Crippen LogP contribution is 2.24. The number of aliphatic hydroxyl groups is 1. The number of piperazine rings is 1. The van der Waals surface area contributed by atoms with Crippen LogP contribution in [0.5, 0.6) is 0 Å². The maximum absolute atomic E-state index is 12.3. The first kappa shape index (κ1) is 15.5. The van der Waals surface area contributed by atoms with Crippen molar-refractivity contribution in [1.29, 1.82) is 0 Å². The van der Waals surface area contributed by atoms with Crippen LogP contribution in [0.1, 0.15) is 5.56 Å². The molecule has 2 heterocycles. The molecular formula is C12H15BrF3N3O. The smallest absolute Gasteiger partial charge is 0.392 e. The molecule has 0 amide bonds. The van der Waals surface area contributed by atoms with Crippen molar-refractivity contribution in [3.05, 3.63) is 22.3 Å². The van der Waals surface area contributed by atoms with Crippen molar-refractivity contribution in [3.8, 4) is 0 Å². The first-order valence-electron chi connectivity index (χ1n) is 6.18. The number of halogens is 4. The van der Waals surface area contributed by atoms with Crippen molar-refractivity contribution in [1.82, 2.24) is 9.88 Å². The lowest BCUT2D eigenvalue weighted by Gasteiger charge is -2.36. The molecule has 0 aliphatic carbocycles. The first-order valence-corrected chi connectivity index (χ1v) is 6.97. The number of aliphatic hydroxyl groups excluding tert-OH is 1. The second-order valence-electron chi connectivity index (χ2n) is 4.67. The molecule has 1 fully saturated rings. The molecule has 1 aliphatic heterocycles. The molecule has 1 aromatic rings. The molecule has 1 aliphatic rings. The quantitative estimate of drug-likeness (QED) is 0.902. The third-order valence-corrected chi connectivity index (χ3v) is 3.59. The normalized spacial score (nSPS) is 17.6. The van der Waals surface area contributed by atoms with E-state index in [1.54, 1.807) is 12.3 Å². The molecular weight excluding hydrogens is 339 g/mol. The highest BCUT2D eigenvalue weighted by atomic mass is 79.9.